The number of nitrogens with two attached hydrogens (primary N) is 1. The molecule has 0 radical (unpaired) electrons. The lowest BCUT2D eigenvalue weighted by Crippen LogP contribution is -2.36. The molecule has 1 aliphatic rings. The van der Waals surface area contributed by atoms with Gasteiger partial charge in [0.05, 0.1) is 17.1 Å². The van der Waals surface area contributed by atoms with E-state index in [2.05, 4.69) is 0 Å². The van der Waals surface area contributed by atoms with Gasteiger partial charge in [-0.15, -0.1) is 0 Å². The van der Waals surface area contributed by atoms with Crippen molar-refractivity contribution in [2.75, 3.05) is 13.2 Å². The number of pyridine rings is 2. The van der Waals surface area contributed by atoms with Gasteiger partial charge in [-0.05, 0) is 31.5 Å². The molecule has 124 valence electrons. The molecule has 3 heterocycles. The molecule has 1 aromatic carbocycles. The standard InChI is InChI=1S/C18H19N3O3/c1-3-20-15(23)6-10(2)13-7-11-4-5-14(22)21-12(8-19)9-24-18(16(11)21)17(13)20/h4-7,12H,3,8-9,19H2,1-2H3. The van der Waals surface area contributed by atoms with Crippen LogP contribution in [0.5, 0.6) is 5.75 Å². The first-order valence-electron chi connectivity index (χ1n) is 8.12. The fourth-order valence-corrected chi connectivity index (χ4v) is 3.65. The Labute approximate surface area is 138 Å². The molecule has 1 unspecified atom stereocenters. The molecule has 0 amide bonds. The fraction of sp³-hybridized carbons (Fsp3) is 0.333. The second kappa shape index (κ2) is 5.21. The number of aryl methyl sites for hydroxylation is 2. The number of ether oxygens (including phenoxy) is 1. The zero-order valence-electron chi connectivity index (χ0n) is 13.7. The van der Waals surface area contributed by atoms with Gasteiger partial charge >= 0.3 is 0 Å². The van der Waals surface area contributed by atoms with E-state index in [9.17, 15) is 9.59 Å². The normalized spacial score (nSPS) is 16.5. The second-order valence-electron chi connectivity index (χ2n) is 6.19. The third-order valence-corrected chi connectivity index (χ3v) is 4.82. The van der Waals surface area contributed by atoms with Crippen molar-refractivity contribution in [1.82, 2.24) is 9.13 Å². The zero-order valence-corrected chi connectivity index (χ0v) is 13.7. The van der Waals surface area contributed by atoms with Gasteiger partial charge in [0.25, 0.3) is 11.1 Å². The second-order valence-corrected chi connectivity index (χ2v) is 6.19. The van der Waals surface area contributed by atoms with Gasteiger partial charge in [0.15, 0.2) is 5.75 Å². The lowest BCUT2D eigenvalue weighted by Gasteiger charge is -2.29. The third-order valence-electron chi connectivity index (χ3n) is 4.82. The summed E-state index contributed by atoms with van der Waals surface area (Å²) < 4.78 is 9.43. The summed E-state index contributed by atoms with van der Waals surface area (Å²) in [6.07, 6.45) is 0. The van der Waals surface area contributed by atoms with Gasteiger partial charge in [-0.25, -0.2) is 0 Å². The number of rotatable bonds is 2. The summed E-state index contributed by atoms with van der Waals surface area (Å²) >= 11 is 0. The number of aromatic nitrogens is 2. The highest BCUT2D eigenvalue weighted by Crippen LogP contribution is 2.38. The molecule has 2 N–H and O–H groups in total. The quantitative estimate of drug-likeness (QED) is 0.725. The van der Waals surface area contributed by atoms with Crippen LogP contribution in [0, 0.1) is 6.92 Å². The summed E-state index contributed by atoms with van der Waals surface area (Å²) in [4.78, 5) is 24.8. The minimum absolute atomic E-state index is 0.0625. The molecule has 6 heteroatoms. The van der Waals surface area contributed by atoms with Crippen molar-refractivity contribution < 1.29 is 4.74 Å². The van der Waals surface area contributed by atoms with Crippen LogP contribution in [-0.2, 0) is 6.54 Å². The molecule has 2 aromatic heterocycles. The van der Waals surface area contributed by atoms with Crippen LogP contribution in [0.25, 0.3) is 21.8 Å². The van der Waals surface area contributed by atoms with Crippen molar-refractivity contribution in [2.45, 2.75) is 26.4 Å². The molecule has 0 bridgehead atoms. The van der Waals surface area contributed by atoms with Crippen molar-refractivity contribution in [2.24, 2.45) is 5.73 Å². The molecule has 3 aromatic rings. The first-order chi connectivity index (χ1) is 11.6. The van der Waals surface area contributed by atoms with Crippen molar-refractivity contribution in [3.05, 3.63) is 50.5 Å². The number of benzene rings is 1. The maximum Gasteiger partial charge on any atom is 0.251 e. The van der Waals surface area contributed by atoms with Gasteiger partial charge in [0.2, 0.25) is 0 Å². The fourth-order valence-electron chi connectivity index (χ4n) is 3.65. The van der Waals surface area contributed by atoms with E-state index in [-0.39, 0.29) is 17.2 Å². The van der Waals surface area contributed by atoms with Gasteiger partial charge in [-0.2, -0.15) is 0 Å². The largest absolute Gasteiger partial charge is 0.487 e. The average molecular weight is 325 g/mol. The van der Waals surface area contributed by atoms with Gasteiger partial charge in [0, 0.05) is 36.0 Å². The molecule has 0 saturated carbocycles. The summed E-state index contributed by atoms with van der Waals surface area (Å²) in [6, 6.07) is 6.84. The van der Waals surface area contributed by atoms with Crippen LogP contribution >= 0.6 is 0 Å². The van der Waals surface area contributed by atoms with Crippen LogP contribution in [0.4, 0.5) is 0 Å². The van der Waals surface area contributed by atoms with Crippen molar-refractivity contribution in [3.8, 4) is 5.75 Å². The predicted molar refractivity (Wildman–Crippen MR) is 94.0 cm³/mol. The van der Waals surface area contributed by atoms with E-state index >= 15 is 0 Å². The molecular formula is C18H19N3O3. The van der Waals surface area contributed by atoms with Crippen LogP contribution in [0.15, 0.2) is 33.9 Å². The highest BCUT2D eigenvalue weighted by Gasteiger charge is 2.26. The van der Waals surface area contributed by atoms with E-state index in [0.717, 1.165) is 27.4 Å². The Kier molecular flexibility index (Phi) is 3.25. The minimum atomic E-state index is -0.197. The van der Waals surface area contributed by atoms with E-state index in [1.807, 2.05) is 19.9 Å². The molecule has 24 heavy (non-hydrogen) atoms. The molecular weight excluding hydrogens is 306 g/mol. The molecule has 6 nitrogen and oxygen atoms in total. The van der Waals surface area contributed by atoms with Crippen LogP contribution in [-0.4, -0.2) is 22.3 Å². The van der Waals surface area contributed by atoms with E-state index in [0.29, 0.717) is 25.4 Å². The molecule has 1 aliphatic heterocycles. The SMILES string of the molecule is CCn1c(=O)cc(C)c2cc3ccc(=O)n4c3c(c21)OCC4CN. The molecule has 0 saturated heterocycles. The Morgan fingerprint density at radius 2 is 2.00 bits per heavy atom. The molecule has 1 atom stereocenters. The Morgan fingerprint density at radius 3 is 2.71 bits per heavy atom. The summed E-state index contributed by atoms with van der Waals surface area (Å²) in [6.45, 7) is 5.04. The molecule has 0 spiro atoms. The van der Waals surface area contributed by atoms with Crippen molar-refractivity contribution in [3.63, 3.8) is 0 Å². The smallest absolute Gasteiger partial charge is 0.251 e. The van der Waals surface area contributed by atoms with Gasteiger partial charge < -0.3 is 15.0 Å². The molecule has 0 aliphatic carbocycles. The first-order valence-corrected chi connectivity index (χ1v) is 8.12. The molecule has 4 rings (SSSR count). The zero-order chi connectivity index (χ0) is 17.0. The van der Waals surface area contributed by atoms with Crippen LogP contribution in [0.1, 0.15) is 18.5 Å². The lowest BCUT2D eigenvalue weighted by molar-refractivity contribution is 0.239. The summed E-state index contributed by atoms with van der Waals surface area (Å²) in [7, 11) is 0. The number of hydrogen-bond donors (Lipinski definition) is 1. The van der Waals surface area contributed by atoms with E-state index in [1.54, 1.807) is 27.3 Å². The first kappa shape index (κ1) is 15.0. The van der Waals surface area contributed by atoms with Crippen LogP contribution in [0.3, 0.4) is 0 Å². The van der Waals surface area contributed by atoms with E-state index < -0.39 is 0 Å². The van der Waals surface area contributed by atoms with Gasteiger partial charge in [-0.1, -0.05) is 0 Å². The molecule has 0 fully saturated rings. The highest BCUT2D eigenvalue weighted by molar-refractivity contribution is 6.03. The predicted octanol–water partition coefficient (Wildman–Crippen LogP) is 1.54. The van der Waals surface area contributed by atoms with Crippen LogP contribution in [0.2, 0.25) is 0 Å². The topological polar surface area (TPSA) is 79.2 Å². The lowest BCUT2D eigenvalue weighted by atomic mass is 10.0. The van der Waals surface area contributed by atoms with Gasteiger partial charge in [0.1, 0.15) is 6.61 Å². The maximum atomic E-state index is 12.4. The summed E-state index contributed by atoms with van der Waals surface area (Å²) in [5.41, 5.74) is 8.05. The third kappa shape index (κ3) is 1.86. The summed E-state index contributed by atoms with van der Waals surface area (Å²) in [5.74, 6) is 0.604. The maximum absolute atomic E-state index is 12.4. The Bertz CT molecular complexity index is 1090. The van der Waals surface area contributed by atoms with Crippen LogP contribution < -0.4 is 21.6 Å². The minimum Gasteiger partial charge on any atom is -0.487 e. The monoisotopic (exact) mass is 325 g/mol. The summed E-state index contributed by atoms with van der Waals surface area (Å²) in [5, 5.41) is 1.88. The Balaban J connectivity index is 2.31. The number of hydrogen-bond acceptors (Lipinski definition) is 4. The van der Waals surface area contributed by atoms with Gasteiger partial charge in [-0.3, -0.25) is 14.2 Å². The highest BCUT2D eigenvalue weighted by atomic mass is 16.5. The number of nitrogens with zero attached hydrogens (tertiary/aromatic N) is 2. The number of fused-ring (bicyclic) bond motifs is 2. The van der Waals surface area contributed by atoms with Crippen molar-refractivity contribution >= 4 is 21.8 Å². The van der Waals surface area contributed by atoms with E-state index in [4.69, 9.17) is 10.5 Å². The Hall–Kier alpha value is -2.60. The van der Waals surface area contributed by atoms with Crippen molar-refractivity contribution in [1.29, 1.82) is 0 Å². The Morgan fingerprint density at radius 1 is 1.21 bits per heavy atom. The van der Waals surface area contributed by atoms with E-state index in [1.165, 1.54) is 0 Å². The average Bonchev–Trinajstić information content (AvgIpc) is 2.58.